The van der Waals surface area contributed by atoms with Crippen LogP contribution in [0.4, 0.5) is 5.82 Å². The van der Waals surface area contributed by atoms with E-state index in [0.29, 0.717) is 12.3 Å². The van der Waals surface area contributed by atoms with Crippen LogP contribution in [0.5, 0.6) is 0 Å². The SMILES string of the molecule is O=C(CCC1CCCCC1)Nc1cc(C(=O)O)[nH]n1. The van der Waals surface area contributed by atoms with Crippen LogP contribution >= 0.6 is 0 Å². The quantitative estimate of drug-likeness (QED) is 0.761. The van der Waals surface area contributed by atoms with Gasteiger partial charge in [-0.15, -0.1) is 0 Å². The maximum atomic E-state index is 11.7. The van der Waals surface area contributed by atoms with Gasteiger partial charge in [-0.2, -0.15) is 5.10 Å². The topological polar surface area (TPSA) is 95.1 Å². The predicted octanol–water partition coefficient (Wildman–Crippen LogP) is 2.41. The minimum Gasteiger partial charge on any atom is -0.477 e. The second-order valence-corrected chi connectivity index (χ2v) is 5.06. The Kier molecular flexibility index (Phi) is 4.54. The molecule has 0 unspecified atom stereocenters. The van der Waals surface area contributed by atoms with E-state index in [-0.39, 0.29) is 17.4 Å². The van der Waals surface area contributed by atoms with Crippen molar-refractivity contribution >= 4 is 17.7 Å². The Morgan fingerprint density at radius 3 is 2.74 bits per heavy atom. The van der Waals surface area contributed by atoms with Crippen LogP contribution in [0.25, 0.3) is 0 Å². The number of aromatic amines is 1. The summed E-state index contributed by atoms with van der Waals surface area (Å²) in [6.07, 6.45) is 7.68. The van der Waals surface area contributed by atoms with Gasteiger partial charge in [0.1, 0.15) is 5.69 Å². The number of aromatic carboxylic acids is 1. The first-order valence-corrected chi connectivity index (χ1v) is 6.73. The average Bonchev–Trinajstić information content (AvgIpc) is 2.86. The summed E-state index contributed by atoms with van der Waals surface area (Å²) < 4.78 is 0. The van der Waals surface area contributed by atoms with E-state index in [4.69, 9.17) is 5.11 Å². The average molecular weight is 265 g/mol. The number of rotatable bonds is 5. The second kappa shape index (κ2) is 6.36. The van der Waals surface area contributed by atoms with Gasteiger partial charge in [-0.05, 0) is 12.3 Å². The lowest BCUT2D eigenvalue weighted by Crippen LogP contribution is -2.15. The number of aromatic nitrogens is 2. The summed E-state index contributed by atoms with van der Waals surface area (Å²) in [5, 5.41) is 17.4. The molecule has 0 radical (unpaired) electrons. The molecule has 1 aromatic rings. The minimum atomic E-state index is -1.09. The molecule has 1 fully saturated rings. The van der Waals surface area contributed by atoms with Crippen molar-refractivity contribution in [3.63, 3.8) is 0 Å². The maximum absolute atomic E-state index is 11.7. The maximum Gasteiger partial charge on any atom is 0.353 e. The molecule has 0 atom stereocenters. The third-order valence-corrected chi connectivity index (χ3v) is 3.58. The van der Waals surface area contributed by atoms with Gasteiger partial charge in [0, 0.05) is 12.5 Å². The monoisotopic (exact) mass is 265 g/mol. The zero-order valence-electron chi connectivity index (χ0n) is 10.8. The standard InChI is InChI=1S/C13H19N3O3/c17-12(7-6-9-4-2-1-3-5-9)14-11-8-10(13(18)19)15-16-11/h8-9H,1-7H2,(H,18,19)(H2,14,15,16,17). The Balaban J connectivity index is 1.75. The fraction of sp³-hybridized carbons (Fsp3) is 0.615. The number of carbonyl (C=O) groups excluding carboxylic acids is 1. The Morgan fingerprint density at radius 2 is 2.11 bits per heavy atom. The number of carboxylic acid groups (broad SMARTS) is 1. The Bertz CT molecular complexity index is 450. The molecule has 1 aromatic heterocycles. The number of carboxylic acids is 1. The van der Waals surface area contributed by atoms with E-state index in [1.807, 2.05) is 0 Å². The van der Waals surface area contributed by atoms with E-state index in [1.165, 1.54) is 38.2 Å². The zero-order valence-corrected chi connectivity index (χ0v) is 10.8. The van der Waals surface area contributed by atoms with E-state index >= 15 is 0 Å². The summed E-state index contributed by atoms with van der Waals surface area (Å²) in [6, 6.07) is 1.32. The largest absolute Gasteiger partial charge is 0.477 e. The van der Waals surface area contributed by atoms with Gasteiger partial charge in [0.05, 0.1) is 0 Å². The molecule has 1 heterocycles. The first kappa shape index (κ1) is 13.6. The number of H-pyrrole nitrogens is 1. The van der Waals surface area contributed by atoms with E-state index in [2.05, 4.69) is 15.5 Å². The summed E-state index contributed by atoms with van der Waals surface area (Å²) in [4.78, 5) is 22.4. The van der Waals surface area contributed by atoms with Crippen LogP contribution < -0.4 is 5.32 Å². The first-order valence-electron chi connectivity index (χ1n) is 6.73. The fourth-order valence-electron chi connectivity index (χ4n) is 2.51. The van der Waals surface area contributed by atoms with Crippen LogP contribution in [0, 0.1) is 5.92 Å². The molecular formula is C13H19N3O3. The Labute approximate surface area is 111 Å². The highest BCUT2D eigenvalue weighted by atomic mass is 16.4. The molecule has 3 N–H and O–H groups in total. The number of carbonyl (C=O) groups is 2. The van der Waals surface area contributed by atoms with Gasteiger partial charge in [0.15, 0.2) is 5.82 Å². The summed E-state index contributed by atoms with van der Waals surface area (Å²) in [7, 11) is 0. The van der Waals surface area contributed by atoms with Gasteiger partial charge in [0.25, 0.3) is 0 Å². The van der Waals surface area contributed by atoms with Crippen LogP contribution in [0.3, 0.4) is 0 Å². The lowest BCUT2D eigenvalue weighted by Gasteiger charge is -2.20. The molecule has 1 aliphatic carbocycles. The zero-order chi connectivity index (χ0) is 13.7. The molecule has 0 aromatic carbocycles. The fourth-order valence-corrected chi connectivity index (χ4v) is 2.51. The Hall–Kier alpha value is -1.85. The lowest BCUT2D eigenvalue weighted by atomic mass is 9.86. The number of nitrogens with zero attached hydrogens (tertiary/aromatic N) is 1. The predicted molar refractivity (Wildman–Crippen MR) is 70.0 cm³/mol. The van der Waals surface area contributed by atoms with Crippen molar-refractivity contribution in [2.24, 2.45) is 5.92 Å². The third kappa shape index (κ3) is 4.08. The number of hydrogen-bond donors (Lipinski definition) is 3. The molecule has 6 heteroatoms. The van der Waals surface area contributed by atoms with Gasteiger partial charge in [-0.3, -0.25) is 9.89 Å². The normalized spacial score (nSPS) is 16.2. The van der Waals surface area contributed by atoms with Crippen molar-refractivity contribution in [1.29, 1.82) is 0 Å². The smallest absolute Gasteiger partial charge is 0.353 e. The summed E-state index contributed by atoms with van der Waals surface area (Å²) in [5.74, 6) is -0.261. The molecule has 1 aliphatic rings. The first-order chi connectivity index (χ1) is 9.15. The van der Waals surface area contributed by atoms with Gasteiger partial charge in [0.2, 0.25) is 5.91 Å². The van der Waals surface area contributed by atoms with Crippen molar-refractivity contribution in [1.82, 2.24) is 10.2 Å². The highest BCUT2D eigenvalue weighted by Gasteiger charge is 2.15. The van der Waals surface area contributed by atoms with Gasteiger partial charge >= 0.3 is 5.97 Å². The third-order valence-electron chi connectivity index (χ3n) is 3.58. The van der Waals surface area contributed by atoms with E-state index in [9.17, 15) is 9.59 Å². The summed E-state index contributed by atoms with van der Waals surface area (Å²) >= 11 is 0. The van der Waals surface area contributed by atoms with Crippen molar-refractivity contribution in [2.75, 3.05) is 5.32 Å². The number of nitrogens with one attached hydrogen (secondary N) is 2. The number of amides is 1. The minimum absolute atomic E-state index is 0.0254. The highest BCUT2D eigenvalue weighted by Crippen LogP contribution is 2.27. The van der Waals surface area contributed by atoms with Crippen LogP contribution in [-0.4, -0.2) is 27.2 Å². The summed E-state index contributed by atoms with van der Waals surface area (Å²) in [6.45, 7) is 0. The molecule has 0 spiro atoms. The van der Waals surface area contributed by atoms with Crippen LogP contribution in [0.15, 0.2) is 6.07 Å². The van der Waals surface area contributed by atoms with E-state index in [0.717, 1.165) is 6.42 Å². The van der Waals surface area contributed by atoms with Crippen molar-refractivity contribution < 1.29 is 14.7 Å². The number of anilines is 1. The second-order valence-electron chi connectivity index (χ2n) is 5.06. The molecular weight excluding hydrogens is 246 g/mol. The van der Waals surface area contributed by atoms with Gasteiger partial charge < -0.3 is 10.4 Å². The molecule has 0 bridgehead atoms. The van der Waals surface area contributed by atoms with Gasteiger partial charge in [-0.1, -0.05) is 32.1 Å². The molecule has 0 aliphatic heterocycles. The molecule has 1 saturated carbocycles. The van der Waals surface area contributed by atoms with Gasteiger partial charge in [-0.25, -0.2) is 4.79 Å². The molecule has 104 valence electrons. The molecule has 2 rings (SSSR count). The lowest BCUT2D eigenvalue weighted by molar-refractivity contribution is -0.116. The van der Waals surface area contributed by atoms with Crippen LogP contribution in [0.2, 0.25) is 0 Å². The van der Waals surface area contributed by atoms with Crippen LogP contribution in [-0.2, 0) is 4.79 Å². The van der Waals surface area contributed by atoms with Crippen molar-refractivity contribution in [3.8, 4) is 0 Å². The molecule has 1 amide bonds. The number of hydrogen-bond acceptors (Lipinski definition) is 3. The molecule has 6 nitrogen and oxygen atoms in total. The van der Waals surface area contributed by atoms with E-state index < -0.39 is 5.97 Å². The molecule has 0 saturated heterocycles. The van der Waals surface area contributed by atoms with Crippen molar-refractivity contribution in [3.05, 3.63) is 11.8 Å². The van der Waals surface area contributed by atoms with E-state index in [1.54, 1.807) is 0 Å². The highest BCUT2D eigenvalue weighted by molar-refractivity contribution is 5.92. The molecule has 19 heavy (non-hydrogen) atoms. The Morgan fingerprint density at radius 1 is 1.37 bits per heavy atom. The van der Waals surface area contributed by atoms with Crippen molar-refractivity contribution in [2.45, 2.75) is 44.9 Å². The van der Waals surface area contributed by atoms with Crippen LogP contribution in [0.1, 0.15) is 55.4 Å². The summed E-state index contributed by atoms with van der Waals surface area (Å²) in [5.41, 5.74) is -0.0254.